The van der Waals surface area contributed by atoms with E-state index in [9.17, 15) is 14.3 Å². The average molecular weight is 278 g/mol. The number of carboxylic acids is 1. The van der Waals surface area contributed by atoms with Gasteiger partial charge in [0.1, 0.15) is 11.4 Å². The zero-order valence-electron chi connectivity index (χ0n) is 11.1. The number of methoxy groups -OCH3 is 1. The molecule has 0 aliphatic heterocycles. The van der Waals surface area contributed by atoms with Gasteiger partial charge in [-0.15, -0.1) is 0 Å². The summed E-state index contributed by atoms with van der Waals surface area (Å²) in [5.74, 6) is -1.00. The molecule has 2 aromatic carbocycles. The summed E-state index contributed by atoms with van der Waals surface area (Å²) in [5, 5.41) is 20.4. The fraction of sp³-hybridized carbons (Fsp3) is 0.267. The third kappa shape index (κ3) is 2.44. The quantitative estimate of drug-likeness (QED) is 0.901. The molecule has 0 bridgehead atoms. The molecule has 2 N–H and O–H groups in total. The minimum Gasteiger partial charge on any atom is -0.497 e. The molecule has 0 saturated carbocycles. The summed E-state index contributed by atoms with van der Waals surface area (Å²) in [4.78, 5) is 10.7. The van der Waals surface area contributed by atoms with Gasteiger partial charge >= 0.3 is 5.97 Å². The van der Waals surface area contributed by atoms with Gasteiger partial charge in [-0.3, -0.25) is 0 Å². The smallest absolute Gasteiger partial charge is 0.341 e. The van der Waals surface area contributed by atoms with Crippen molar-refractivity contribution in [2.75, 3.05) is 7.11 Å². The first-order chi connectivity index (χ1) is 9.36. The van der Waals surface area contributed by atoms with Crippen LogP contribution in [0.5, 0.6) is 5.75 Å². The topological polar surface area (TPSA) is 66.8 Å². The van der Waals surface area contributed by atoms with Crippen LogP contribution in [0.15, 0.2) is 36.4 Å². The maximum Gasteiger partial charge on any atom is 0.341 e. The molecule has 0 fully saturated rings. The molecule has 2 rings (SSSR count). The maximum atomic E-state index is 13.6. The second-order valence-corrected chi connectivity index (χ2v) is 4.78. The maximum absolute atomic E-state index is 13.6. The largest absolute Gasteiger partial charge is 0.497 e. The van der Waals surface area contributed by atoms with E-state index in [0.29, 0.717) is 5.75 Å². The van der Waals surface area contributed by atoms with Gasteiger partial charge in [0, 0.05) is 0 Å². The van der Waals surface area contributed by atoms with E-state index in [-0.39, 0.29) is 5.56 Å². The van der Waals surface area contributed by atoms with Gasteiger partial charge in [0.25, 0.3) is 0 Å². The first kappa shape index (κ1) is 14.3. The van der Waals surface area contributed by atoms with Crippen LogP contribution in [0.1, 0.15) is 12.5 Å². The number of aliphatic carboxylic acids is 1. The summed E-state index contributed by atoms with van der Waals surface area (Å²) in [6, 6.07) is 10.1. The number of aliphatic hydroxyl groups is 1. The summed E-state index contributed by atoms with van der Waals surface area (Å²) >= 11 is 0. The van der Waals surface area contributed by atoms with Gasteiger partial charge < -0.3 is 14.9 Å². The van der Waals surface area contributed by atoms with Gasteiger partial charge in [0.15, 0.2) is 0 Å². The molecule has 0 aliphatic rings. The van der Waals surface area contributed by atoms with Crippen molar-refractivity contribution in [2.45, 2.75) is 18.7 Å². The van der Waals surface area contributed by atoms with Crippen LogP contribution >= 0.6 is 0 Å². The first-order valence-corrected chi connectivity index (χ1v) is 6.04. The first-order valence-electron chi connectivity index (χ1n) is 6.04. The van der Waals surface area contributed by atoms with Crippen LogP contribution in [0.4, 0.5) is 4.39 Å². The highest BCUT2D eigenvalue weighted by Gasteiger charge is 2.39. The van der Waals surface area contributed by atoms with Crippen molar-refractivity contribution in [3.05, 3.63) is 42.0 Å². The Balaban J connectivity index is 2.48. The molecule has 0 spiro atoms. The molecule has 0 heterocycles. The van der Waals surface area contributed by atoms with Gasteiger partial charge in [0.05, 0.1) is 7.11 Å². The number of benzene rings is 2. The number of alkyl halides is 1. The lowest BCUT2D eigenvalue weighted by Crippen LogP contribution is -2.39. The van der Waals surface area contributed by atoms with Crippen molar-refractivity contribution < 1.29 is 24.1 Å². The molecule has 2 atom stereocenters. The zero-order chi connectivity index (χ0) is 14.9. The van der Waals surface area contributed by atoms with Crippen LogP contribution in [0.2, 0.25) is 0 Å². The lowest BCUT2D eigenvalue weighted by molar-refractivity contribution is -0.153. The SMILES string of the molecule is COc1ccc2cc(C(C)(O)C(F)C(=O)O)ccc2c1. The highest BCUT2D eigenvalue weighted by Crippen LogP contribution is 2.30. The van der Waals surface area contributed by atoms with E-state index >= 15 is 0 Å². The highest BCUT2D eigenvalue weighted by molar-refractivity contribution is 5.85. The number of ether oxygens (including phenoxy) is 1. The van der Waals surface area contributed by atoms with E-state index < -0.39 is 17.7 Å². The van der Waals surface area contributed by atoms with Crippen molar-refractivity contribution in [1.29, 1.82) is 0 Å². The fourth-order valence-corrected chi connectivity index (χ4v) is 2.05. The summed E-state index contributed by atoms with van der Waals surface area (Å²) < 4.78 is 18.7. The molecular weight excluding hydrogens is 263 g/mol. The van der Waals surface area contributed by atoms with Gasteiger partial charge in [0.2, 0.25) is 6.17 Å². The van der Waals surface area contributed by atoms with E-state index in [2.05, 4.69) is 0 Å². The summed E-state index contributed by atoms with van der Waals surface area (Å²) in [5.41, 5.74) is -1.87. The lowest BCUT2D eigenvalue weighted by atomic mass is 9.89. The van der Waals surface area contributed by atoms with Crippen LogP contribution < -0.4 is 4.74 Å². The van der Waals surface area contributed by atoms with Crippen molar-refractivity contribution in [2.24, 2.45) is 0 Å². The van der Waals surface area contributed by atoms with Crippen molar-refractivity contribution in [1.82, 2.24) is 0 Å². The molecule has 106 valence electrons. The monoisotopic (exact) mass is 278 g/mol. The third-order valence-electron chi connectivity index (χ3n) is 3.34. The predicted molar refractivity (Wildman–Crippen MR) is 72.6 cm³/mol. The van der Waals surface area contributed by atoms with E-state index in [1.54, 1.807) is 37.4 Å². The second-order valence-electron chi connectivity index (χ2n) is 4.78. The fourth-order valence-electron chi connectivity index (χ4n) is 2.05. The Bertz CT molecular complexity index is 651. The third-order valence-corrected chi connectivity index (χ3v) is 3.34. The van der Waals surface area contributed by atoms with Crippen LogP contribution in [0.25, 0.3) is 10.8 Å². The van der Waals surface area contributed by atoms with E-state index in [4.69, 9.17) is 9.84 Å². The molecule has 0 radical (unpaired) electrons. The summed E-state index contributed by atoms with van der Waals surface area (Å²) in [6.07, 6.45) is -2.39. The average Bonchev–Trinajstić information content (AvgIpc) is 2.44. The van der Waals surface area contributed by atoms with E-state index in [1.807, 2.05) is 0 Å². The Morgan fingerprint density at radius 3 is 2.45 bits per heavy atom. The van der Waals surface area contributed by atoms with Crippen molar-refractivity contribution in [3.63, 3.8) is 0 Å². The lowest BCUT2D eigenvalue weighted by Gasteiger charge is -2.25. The van der Waals surface area contributed by atoms with Crippen molar-refractivity contribution >= 4 is 16.7 Å². The second kappa shape index (κ2) is 5.09. The van der Waals surface area contributed by atoms with Crippen LogP contribution in [-0.2, 0) is 10.4 Å². The molecule has 0 aromatic heterocycles. The Kier molecular flexibility index (Phi) is 3.63. The predicted octanol–water partition coefficient (Wildman–Crippen LogP) is 2.48. The van der Waals surface area contributed by atoms with Gasteiger partial charge in [-0.1, -0.05) is 18.2 Å². The standard InChI is InChI=1S/C15H15FO4/c1-15(19,13(16)14(17)18)11-5-3-10-8-12(20-2)6-4-9(10)7-11/h3-8,13,19H,1-2H3,(H,17,18). The minimum atomic E-state index is -2.39. The number of fused-ring (bicyclic) bond motifs is 1. The normalized spacial score (nSPS) is 15.6. The molecule has 2 aromatic rings. The summed E-state index contributed by atoms with van der Waals surface area (Å²) in [6.45, 7) is 1.15. The number of carboxylic acid groups (broad SMARTS) is 1. The van der Waals surface area contributed by atoms with Crippen molar-refractivity contribution in [3.8, 4) is 5.75 Å². The van der Waals surface area contributed by atoms with E-state index in [1.165, 1.54) is 6.07 Å². The van der Waals surface area contributed by atoms with Crippen LogP contribution in [-0.4, -0.2) is 29.5 Å². The highest BCUT2D eigenvalue weighted by atomic mass is 19.1. The van der Waals surface area contributed by atoms with E-state index in [0.717, 1.165) is 17.7 Å². The zero-order valence-corrected chi connectivity index (χ0v) is 11.1. The van der Waals surface area contributed by atoms with Gasteiger partial charge in [-0.05, 0) is 41.5 Å². The number of hydrogen-bond donors (Lipinski definition) is 2. The molecule has 2 unspecified atom stereocenters. The Labute approximate surface area is 115 Å². The molecule has 0 amide bonds. The van der Waals surface area contributed by atoms with Gasteiger partial charge in [-0.25, -0.2) is 9.18 Å². The molecule has 0 saturated heterocycles. The Morgan fingerprint density at radius 2 is 1.85 bits per heavy atom. The number of halogens is 1. The molecule has 0 aliphatic carbocycles. The molecule has 4 nitrogen and oxygen atoms in total. The molecular formula is C15H15FO4. The Morgan fingerprint density at radius 1 is 1.25 bits per heavy atom. The molecule has 5 heteroatoms. The van der Waals surface area contributed by atoms with Crippen LogP contribution in [0.3, 0.4) is 0 Å². The number of carbonyl (C=O) groups is 1. The minimum absolute atomic E-state index is 0.213. The van der Waals surface area contributed by atoms with Gasteiger partial charge in [-0.2, -0.15) is 0 Å². The molecule has 20 heavy (non-hydrogen) atoms. The number of rotatable bonds is 4. The van der Waals surface area contributed by atoms with Crippen LogP contribution in [0, 0.1) is 0 Å². The number of hydrogen-bond acceptors (Lipinski definition) is 3. The summed E-state index contributed by atoms with van der Waals surface area (Å²) in [7, 11) is 1.56. The Hall–Kier alpha value is -2.14.